The van der Waals surface area contributed by atoms with Gasteiger partial charge >= 0.3 is 0 Å². The molecule has 3 aromatic carbocycles. The molecular formula is C27H27ClN4O2. The Bertz CT molecular complexity index is 1210. The van der Waals surface area contributed by atoms with Crippen LogP contribution in [0.15, 0.2) is 78.9 Å². The molecule has 3 aromatic rings. The highest BCUT2D eigenvalue weighted by atomic mass is 35.5. The Morgan fingerprint density at radius 2 is 1.62 bits per heavy atom. The van der Waals surface area contributed by atoms with E-state index >= 15 is 0 Å². The molecule has 0 aliphatic carbocycles. The monoisotopic (exact) mass is 474 g/mol. The number of likely N-dealkylation sites (N-methyl/N-ethyl adjacent to an activating group) is 1. The molecule has 0 bridgehead atoms. The summed E-state index contributed by atoms with van der Waals surface area (Å²) in [5.74, 6) is -0.418. The molecule has 0 spiro atoms. The molecule has 1 heterocycles. The van der Waals surface area contributed by atoms with Crippen molar-refractivity contribution >= 4 is 46.6 Å². The molecule has 4 N–H and O–H groups in total. The minimum atomic E-state index is -0.254. The van der Waals surface area contributed by atoms with E-state index in [4.69, 9.17) is 17.3 Å². The number of likely N-dealkylation sites (tertiary alicyclic amines) is 1. The highest BCUT2D eigenvalue weighted by Crippen LogP contribution is 2.34. The number of carbonyl (C=O) groups is 2. The molecule has 6 nitrogen and oxygen atoms in total. The lowest BCUT2D eigenvalue weighted by molar-refractivity contribution is -0.119. The van der Waals surface area contributed by atoms with Crippen LogP contribution in [0, 0.1) is 5.92 Å². The summed E-state index contributed by atoms with van der Waals surface area (Å²) in [7, 11) is 2.02. The lowest BCUT2D eigenvalue weighted by Gasteiger charge is -2.19. The van der Waals surface area contributed by atoms with Gasteiger partial charge in [0.1, 0.15) is 0 Å². The zero-order chi connectivity index (χ0) is 24.1. The first-order valence-corrected chi connectivity index (χ1v) is 11.5. The van der Waals surface area contributed by atoms with Crippen molar-refractivity contribution in [3.8, 4) is 0 Å². The first-order chi connectivity index (χ1) is 16.4. The third kappa shape index (κ3) is 5.65. The first kappa shape index (κ1) is 23.5. The van der Waals surface area contributed by atoms with Gasteiger partial charge in [-0.2, -0.15) is 0 Å². The van der Waals surface area contributed by atoms with E-state index in [1.54, 1.807) is 30.3 Å². The molecule has 1 fully saturated rings. The second-order valence-electron chi connectivity index (χ2n) is 8.48. The van der Waals surface area contributed by atoms with Crippen LogP contribution >= 0.6 is 11.6 Å². The van der Waals surface area contributed by atoms with Gasteiger partial charge in [-0.15, -0.1) is 0 Å². The van der Waals surface area contributed by atoms with E-state index in [0.29, 0.717) is 28.6 Å². The van der Waals surface area contributed by atoms with E-state index in [0.717, 1.165) is 17.7 Å². The van der Waals surface area contributed by atoms with Gasteiger partial charge in [0.2, 0.25) is 11.8 Å². The van der Waals surface area contributed by atoms with Crippen molar-refractivity contribution < 1.29 is 9.59 Å². The summed E-state index contributed by atoms with van der Waals surface area (Å²) in [4.78, 5) is 27.4. The topological polar surface area (TPSA) is 87.5 Å². The van der Waals surface area contributed by atoms with Gasteiger partial charge in [0.15, 0.2) is 0 Å². The Hall–Kier alpha value is -3.61. The van der Waals surface area contributed by atoms with Crippen molar-refractivity contribution in [2.45, 2.75) is 5.92 Å². The molecule has 34 heavy (non-hydrogen) atoms. The van der Waals surface area contributed by atoms with E-state index in [1.807, 2.05) is 55.6 Å². The minimum absolute atomic E-state index is 0.0386. The number of hydrogen-bond donors (Lipinski definition) is 3. The standard InChI is InChI=1S/C27H27ClN4O2/c1-32-16-20(21(17-32)27(34)31-24-8-4-2-6-22(24)28)19-13-10-18(11-14-19)12-15-26(33)30-25-9-5-3-7-23(25)29/h2-15,20-21H,16-17,29H2,1H3,(H,30,33)(H,31,34)/b15-12+. The van der Waals surface area contributed by atoms with Crippen molar-refractivity contribution in [1.29, 1.82) is 0 Å². The largest absolute Gasteiger partial charge is 0.397 e. The van der Waals surface area contributed by atoms with Gasteiger partial charge in [0.05, 0.1) is 28.0 Å². The van der Waals surface area contributed by atoms with Crippen molar-refractivity contribution in [3.63, 3.8) is 0 Å². The maximum atomic E-state index is 13.1. The number of nitrogens with two attached hydrogens (primary N) is 1. The number of nitrogens with one attached hydrogen (secondary N) is 2. The Labute approximate surface area is 204 Å². The number of rotatable bonds is 6. The number of amides is 2. The van der Waals surface area contributed by atoms with Crippen LogP contribution in [0.2, 0.25) is 5.02 Å². The van der Waals surface area contributed by atoms with Crippen LogP contribution in [0.4, 0.5) is 17.1 Å². The van der Waals surface area contributed by atoms with Crippen LogP contribution in [0.5, 0.6) is 0 Å². The summed E-state index contributed by atoms with van der Waals surface area (Å²) in [5.41, 5.74) is 9.57. The van der Waals surface area contributed by atoms with Gasteiger partial charge in [-0.1, -0.05) is 60.1 Å². The van der Waals surface area contributed by atoms with Gasteiger partial charge in [-0.05, 0) is 48.5 Å². The fourth-order valence-corrected chi connectivity index (χ4v) is 4.39. The Morgan fingerprint density at radius 3 is 2.32 bits per heavy atom. The molecule has 1 aliphatic rings. The van der Waals surface area contributed by atoms with E-state index in [2.05, 4.69) is 15.5 Å². The van der Waals surface area contributed by atoms with Gasteiger partial charge in [-0.25, -0.2) is 0 Å². The number of hydrogen-bond acceptors (Lipinski definition) is 4. The number of carbonyl (C=O) groups excluding carboxylic acids is 2. The van der Waals surface area contributed by atoms with E-state index < -0.39 is 0 Å². The van der Waals surface area contributed by atoms with Crippen LogP contribution in [-0.4, -0.2) is 36.9 Å². The smallest absolute Gasteiger partial charge is 0.248 e. The second kappa shape index (κ2) is 10.5. The fraction of sp³-hybridized carbons (Fsp3) is 0.185. The predicted octanol–water partition coefficient (Wildman–Crippen LogP) is 4.86. The normalized spacial score (nSPS) is 18.2. The predicted molar refractivity (Wildman–Crippen MR) is 139 cm³/mol. The molecule has 2 atom stereocenters. The maximum absolute atomic E-state index is 13.1. The van der Waals surface area contributed by atoms with Crippen molar-refractivity contribution in [2.24, 2.45) is 5.92 Å². The molecule has 2 unspecified atom stereocenters. The molecule has 0 radical (unpaired) electrons. The average molecular weight is 475 g/mol. The SMILES string of the molecule is CN1CC(C(=O)Nc2ccccc2Cl)C(c2ccc(/C=C/C(=O)Nc3ccccc3N)cc2)C1. The average Bonchev–Trinajstić information content (AvgIpc) is 3.23. The van der Waals surface area contributed by atoms with Gasteiger partial charge < -0.3 is 21.3 Å². The quantitative estimate of drug-likeness (QED) is 0.352. The lowest BCUT2D eigenvalue weighted by atomic mass is 9.88. The third-order valence-electron chi connectivity index (χ3n) is 5.98. The van der Waals surface area contributed by atoms with Crippen molar-refractivity contribution in [2.75, 3.05) is 36.5 Å². The van der Waals surface area contributed by atoms with Gasteiger partial charge in [0, 0.05) is 25.1 Å². The van der Waals surface area contributed by atoms with E-state index in [9.17, 15) is 9.59 Å². The number of halogens is 1. The van der Waals surface area contributed by atoms with Crippen LogP contribution in [-0.2, 0) is 9.59 Å². The van der Waals surface area contributed by atoms with Crippen LogP contribution in [0.3, 0.4) is 0 Å². The number of nitrogen functional groups attached to an aromatic ring is 1. The Morgan fingerprint density at radius 1 is 0.941 bits per heavy atom. The van der Waals surface area contributed by atoms with E-state index in [1.165, 1.54) is 6.08 Å². The van der Waals surface area contributed by atoms with Crippen LogP contribution in [0.1, 0.15) is 17.0 Å². The highest BCUT2D eigenvalue weighted by Gasteiger charge is 2.37. The fourth-order valence-electron chi connectivity index (χ4n) is 4.20. The zero-order valence-electron chi connectivity index (χ0n) is 18.9. The molecule has 0 aromatic heterocycles. The summed E-state index contributed by atoms with van der Waals surface area (Å²) >= 11 is 6.21. The molecule has 1 aliphatic heterocycles. The van der Waals surface area contributed by atoms with Crippen molar-refractivity contribution in [3.05, 3.63) is 95.0 Å². The molecule has 2 amide bonds. The zero-order valence-corrected chi connectivity index (χ0v) is 19.6. The summed E-state index contributed by atoms with van der Waals surface area (Å²) in [6, 6.07) is 22.3. The molecule has 0 saturated carbocycles. The minimum Gasteiger partial charge on any atom is -0.397 e. The molecular weight excluding hydrogens is 448 g/mol. The highest BCUT2D eigenvalue weighted by molar-refractivity contribution is 6.33. The maximum Gasteiger partial charge on any atom is 0.248 e. The van der Waals surface area contributed by atoms with E-state index in [-0.39, 0.29) is 23.7 Å². The number of benzene rings is 3. The lowest BCUT2D eigenvalue weighted by Crippen LogP contribution is -2.28. The number of anilines is 3. The molecule has 4 rings (SSSR count). The summed E-state index contributed by atoms with van der Waals surface area (Å²) < 4.78 is 0. The third-order valence-corrected chi connectivity index (χ3v) is 6.31. The molecule has 7 heteroatoms. The number of nitrogens with zero attached hydrogens (tertiary/aromatic N) is 1. The molecule has 174 valence electrons. The second-order valence-corrected chi connectivity index (χ2v) is 8.89. The summed E-state index contributed by atoms with van der Waals surface area (Å²) in [6.45, 7) is 1.46. The summed E-state index contributed by atoms with van der Waals surface area (Å²) in [5, 5.41) is 6.27. The Balaban J connectivity index is 1.42. The number of para-hydroxylation sites is 3. The van der Waals surface area contributed by atoms with Crippen LogP contribution in [0.25, 0.3) is 6.08 Å². The van der Waals surface area contributed by atoms with Gasteiger partial charge in [0.25, 0.3) is 0 Å². The van der Waals surface area contributed by atoms with Gasteiger partial charge in [-0.3, -0.25) is 9.59 Å². The first-order valence-electron chi connectivity index (χ1n) is 11.1. The Kier molecular flexibility index (Phi) is 7.30. The summed E-state index contributed by atoms with van der Waals surface area (Å²) in [6.07, 6.45) is 3.23. The van der Waals surface area contributed by atoms with Crippen LogP contribution < -0.4 is 16.4 Å². The van der Waals surface area contributed by atoms with Crippen molar-refractivity contribution in [1.82, 2.24) is 4.90 Å². The molecule has 1 saturated heterocycles.